The molecule has 1 unspecified atom stereocenters. The molecule has 0 spiro atoms. The van der Waals surface area contributed by atoms with Crippen LogP contribution in [0.2, 0.25) is 0 Å². The number of fused-ring (bicyclic) bond motifs is 1. The number of hydrogen-bond donors (Lipinski definition) is 0. The zero-order chi connectivity index (χ0) is 23.5. The van der Waals surface area contributed by atoms with E-state index >= 15 is 0 Å². The van der Waals surface area contributed by atoms with Crippen LogP contribution in [0.25, 0.3) is 10.2 Å². The number of nitrogens with zero attached hydrogens (tertiary/aromatic N) is 3. The van der Waals surface area contributed by atoms with Gasteiger partial charge in [0.1, 0.15) is 12.6 Å². The van der Waals surface area contributed by atoms with E-state index in [4.69, 9.17) is 4.74 Å². The third-order valence-electron chi connectivity index (χ3n) is 5.95. The highest BCUT2D eigenvalue weighted by atomic mass is 32.1. The summed E-state index contributed by atoms with van der Waals surface area (Å²) >= 11 is 1.63. The molecule has 4 aromatic rings. The normalized spacial score (nSPS) is 15.4. The molecule has 1 aromatic heterocycles. The summed E-state index contributed by atoms with van der Waals surface area (Å²) < 4.78 is 6.63. The van der Waals surface area contributed by atoms with Gasteiger partial charge in [-0.05, 0) is 55.7 Å². The number of thiazole rings is 1. The fraction of sp³-hybridized carbons (Fsp3) is 0.222. The van der Waals surface area contributed by atoms with E-state index in [9.17, 15) is 9.59 Å². The summed E-state index contributed by atoms with van der Waals surface area (Å²) in [6, 6.07) is 24.4. The fourth-order valence-electron chi connectivity index (χ4n) is 4.34. The lowest BCUT2D eigenvalue weighted by Gasteiger charge is -2.30. The molecule has 0 N–H and O–H groups in total. The van der Waals surface area contributed by atoms with Crippen molar-refractivity contribution >= 4 is 44.9 Å². The minimum absolute atomic E-state index is 0.147. The van der Waals surface area contributed by atoms with Gasteiger partial charge in [0, 0.05) is 12.2 Å². The second-order valence-electron chi connectivity index (χ2n) is 8.29. The van der Waals surface area contributed by atoms with E-state index in [1.165, 1.54) is 0 Å². The molecule has 6 nitrogen and oxygen atoms in total. The Labute approximate surface area is 202 Å². The number of anilines is 2. The van der Waals surface area contributed by atoms with Crippen LogP contribution >= 0.6 is 11.3 Å². The Bertz CT molecular complexity index is 1310. The molecule has 34 heavy (non-hydrogen) atoms. The molecule has 1 aliphatic heterocycles. The van der Waals surface area contributed by atoms with Crippen LogP contribution in [-0.4, -0.2) is 34.5 Å². The Kier molecular flexibility index (Phi) is 6.27. The Morgan fingerprint density at radius 3 is 2.53 bits per heavy atom. The monoisotopic (exact) mass is 471 g/mol. The summed E-state index contributed by atoms with van der Waals surface area (Å²) in [5.74, 6) is -0.147. The molecule has 0 saturated carbocycles. The van der Waals surface area contributed by atoms with Gasteiger partial charge in [0.15, 0.2) is 0 Å². The zero-order valence-electron chi connectivity index (χ0n) is 18.9. The van der Waals surface area contributed by atoms with Crippen molar-refractivity contribution in [1.82, 2.24) is 9.88 Å². The lowest BCUT2D eigenvalue weighted by Crippen LogP contribution is -2.46. The van der Waals surface area contributed by atoms with Gasteiger partial charge >= 0.3 is 6.09 Å². The number of amides is 2. The summed E-state index contributed by atoms with van der Waals surface area (Å²) in [6.07, 6.45) is 0.892. The molecule has 1 saturated heterocycles. The van der Waals surface area contributed by atoms with Crippen LogP contribution in [0, 0.1) is 6.92 Å². The predicted molar refractivity (Wildman–Crippen MR) is 134 cm³/mol. The van der Waals surface area contributed by atoms with Crippen molar-refractivity contribution in [1.29, 1.82) is 0 Å². The molecule has 2 heterocycles. The van der Waals surface area contributed by atoms with Crippen LogP contribution in [0.4, 0.5) is 16.2 Å². The maximum atomic E-state index is 13.9. The third kappa shape index (κ3) is 4.52. The Hall–Kier alpha value is -3.71. The minimum atomic E-state index is -0.587. The van der Waals surface area contributed by atoms with Crippen LogP contribution in [0.3, 0.4) is 0 Å². The predicted octanol–water partition coefficient (Wildman–Crippen LogP) is 6.07. The molecule has 0 aliphatic carbocycles. The Morgan fingerprint density at radius 2 is 1.76 bits per heavy atom. The number of ether oxygens (including phenoxy) is 1. The first-order valence-corrected chi connectivity index (χ1v) is 12.2. The van der Waals surface area contributed by atoms with Gasteiger partial charge in [0.25, 0.3) is 5.91 Å². The van der Waals surface area contributed by atoms with Crippen LogP contribution in [0.1, 0.15) is 23.4 Å². The third-order valence-corrected chi connectivity index (χ3v) is 6.90. The van der Waals surface area contributed by atoms with Crippen molar-refractivity contribution in [3.63, 3.8) is 0 Å². The van der Waals surface area contributed by atoms with Gasteiger partial charge in [-0.15, -0.1) is 11.3 Å². The molecule has 5 rings (SSSR count). The lowest BCUT2D eigenvalue weighted by atomic mass is 10.1. The van der Waals surface area contributed by atoms with Gasteiger partial charge in [-0.1, -0.05) is 48.5 Å². The number of hydrogen-bond acceptors (Lipinski definition) is 5. The van der Waals surface area contributed by atoms with Crippen molar-refractivity contribution in [2.24, 2.45) is 0 Å². The van der Waals surface area contributed by atoms with Crippen molar-refractivity contribution in [3.05, 3.63) is 89.4 Å². The number of carbonyl (C=O) groups excluding carboxylic acids is 2. The summed E-state index contributed by atoms with van der Waals surface area (Å²) in [5.41, 5.74) is 3.26. The molecule has 1 aliphatic rings. The average Bonchev–Trinajstić information content (AvgIpc) is 3.50. The Morgan fingerprint density at radius 1 is 1.03 bits per heavy atom. The van der Waals surface area contributed by atoms with Gasteiger partial charge < -0.3 is 4.74 Å². The fourth-order valence-corrected chi connectivity index (χ4v) is 5.15. The number of rotatable bonds is 5. The first-order chi connectivity index (χ1) is 16.6. The maximum absolute atomic E-state index is 13.9. The highest BCUT2D eigenvalue weighted by Crippen LogP contribution is 2.33. The average molecular weight is 472 g/mol. The minimum Gasteiger partial charge on any atom is -0.445 e. The van der Waals surface area contributed by atoms with E-state index in [0.717, 1.165) is 38.6 Å². The SMILES string of the molecule is Cc1nc2cc(N(C(=O)C3CCCN3C(=O)OCc3ccccc3)c3ccccc3)ccc2s1. The number of carbonyl (C=O) groups is 2. The zero-order valence-corrected chi connectivity index (χ0v) is 19.7. The maximum Gasteiger partial charge on any atom is 0.410 e. The van der Waals surface area contributed by atoms with Crippen molar-refractivity contribution in [2.75, 3.05) is 11.4 Å². The van der Waals surface area contributed by atoms with Gasteiger partial charge in [-0.3, -0.25) is 14.6 Å². The van der Waals surface area contributed by atoms with E-state index in [0.29, 0.717) is 13.0 Å². The van der Waals surface area contributed by atoms with Gasteiger partial charge in [-0.2, -0.15) is 0 Å². The molecule has 7 heteroatoms. The molecular weight excluding hydrogens is 446 g/mol. The largest absolute Gasteiger partial charge is 0.445 e. The summed E-state index contributed by atoms with van der Waals surface area (Å²) in [5, 5.41) is 0.980. The molecule has 2 amide bonds. The summed E-state index contributed by atoms with van der Waals surface area (Å²) in [7, 11) is 0. The van der Waals surface area contributed by atoms with Crippen molar-refractivity contribution < 1.29 is 14.3 Å². The number of benzene rings is 3. The van der Waals surface area contributed by atoms with Crippen molar-refractivity contribution in [2.45, 2.75) is 32.4 Å². The second-order valence-corrected chi connectivity index (χ2v) is 9.52. The van der Waals surface area contributed by atoms with Gasteiger partial charge in [0.05, 0.1) is 20.9 Å². The number of aryl methyl sites for hydroxylation is 1. The van der Waals surface area contributed by atoms with Gasteiger partial charge in [-0.25, -0.2) is 9.78 Å². The highest BCUT2D eigenvalue weighted by molar-refractivity contribution is 7.18. The standard InChI is InChI=1S/C27H25N3O3S/c1-19-28-23-17-22(14-15-25(23)34-19)30(21-11-6-3-7-12-21)26(31)24-13-8-16-29(24)27(32)33-18-20-9-4-2-5-10-20/h2-7,9-12,14-15,17,24H,8,13,16,18H2,1H3. The van der Waals surface area contributed by atoms with Crippen LogP contribution in [-0.2, 0) is 16.1 Å². The highest BCUT2D eigenvalue weighted by Gasteiger charge is 2.38. The first kappa shape index (κ1) is 22.1. The van der Waals surface area contributed by atoms with Gasteiger partial charge in [0.2, 0.25) is 0 Å². The molecule has 172 valence electrons. The number of likely N-dealkylation sites (tertiary alicyclic amines) is 1. The molecule has 0 bridgehead atoms. The van der Waals surface area contributed by atoms with E-state index in [-0.39, 0.29) is 12.5 Å². The molecule has 1 fully saturated rings. The number of para-hydroxylation sites is 1. The number of aromatic nitrogens is 1. The quantitative estimate of drug-likeness (QED) is 0.354. The van der Waals surface area contributed by atoms with Crippen molar-refractivity contribution in [3.8, 4) is 0 Å². The summed E-state index contributed by atoms with van der Waals surface area (Å²) in [4.78, 5) is 34.7. The van der Waals surface area contributed by atoms with E-state index in [1.54, 1.807) is 21.1 Å². The molecule has 1 atom stereocenters. The Balaban J connectivity index is 1.42. The van der Waals surface area contributed by atoms with Crippen LogP contribution in [0.5, 0.6) is 0 Å². The smallest absolute Gasteiger partial charge is 0.410 e. The van der Waals surface area contributed by atoms with Crippen LogP contribution < -0.4 is 4.90 Å². The summed E-state index contributed by atoms with van der Waals surface area (Å²) in [6.45, 7) is 2.65. The topological polar surface area (TPSA) is 62.7 Å². The first-order valence-electron chi connectivity index (χ1n) is 11.3. The second kappa shape index (κ2) is 9.65. The van der Waals surface area contributed by atoms with E-state index in [1.807, 2.05) is 85.8 Å². The molecule has 3 aromatic carbocycles. The molecular formula is C27H25N3O3S. The van der Waals surface area contributed by atoms with E-state index < -0.39 is 12.1 Å². The van der Waals surface area contributed by atoms with E-state index in [2.05, 4.69) is 4.98 Å². The van der Waals surface area contributed by atoms with Crippen LogP contribution in [0.15, 0.2) is 78.9 Å². The lowest BCUT2D eigenvalue weighted by molar-refractivity contribution is -0.121. The molecule has 0 radical (unpaired) electrons.